The van der Waals surface area contributed by atoms with E-state index in [1.807, 2.05) is 18.2 Å². The number of para-hydroxylation sites is 1. The van der Waals surface area contributed by atoms with Crippen LogP contribution in [0, 0.1) is 5.82 Å². The lowest BCUT2D eigenvalue weighted by Gasteiger charge is -2.29. The highest BCUT2D eigenvalue weighted by Gasteiger charge is 2.29. The maximum absolute atomic E-state index is 13.0. The van der Waals surface area contributed by atoms with Crippen LogP contribution in [0.3, 0.4) is 0 Å². The van der Waals surface area contributed by atoms with E-state index < -0.39 is 0 Å². The summed E-state index contributed by atoms with van der Waals surface area (Å²) in [6.07, 6.45) is 2.86. The third kappa shape index (κ3) is 3.87. The third-order valence-corrected chi connectivity index (χ3v) is 4.94. The van der Waals surface area contributed by atoms with Crippen LogP contribution in [0.2, 0.25) is 0 Å². The predicted molar refractivity (Wildman–Crippen MR) is 102 cm³/mol. The summed E-state index contributed by atoms with van der Waals surface area (Å²) in [6, 6.07) is 18.1. The van der Waals surface area contributed by atoms with Crippen molar-refractivity contribution in [3.05, 3.63) is 89.6 Å². The number of halogens is 1. The second-order valence-electron chi connectivity index (χ2n) is 6.71. The summed E-state index contributed by atoms with van der Waals surface area (Å²) >= 11 is 0. The maximum Gasteiger partial charge on any atom is 0.224 e. The number of hydrogen-bond donors (Lipinski definition) is 1. The van der Waals surface area contributed by atoms with Crippen molar-refractivity contribution in [3.63, 3.8) is 0 Å². The molecule has 1 aliphatic heterocycles. The van der Waals surface area contributed by atoms with Gasteiger partial charge in [0, 0.05) is 18.8 Å². The molecule has 0 bridgehead atoms. The number of carbonyl (C=O) groups excluding carboxylic acids is 1. The molecule has 1 amide bonds. The van der Waals surface area contributed by atoms with Gasteiger partial charge in [0.05, 0.1) is 12.7 Å². The Morgan fingerprint density at radius 2 is 1.93 bits per heavy atom. The Bertz CT molecular complexity index is 906. The summed E-state index contributed by atoms with van der Waals surface area (Å²) in [7, 11) is 0. The molecule has 138 valence electrons. The SMILES string of the molecule is O=C(Cc1ccc(F)cc1)NC[C@H](c1ccco1)N1CCc2ccccc21. The summed E-state index contributed by atoms with van der Waals surface area (Å²) in [5, 5.41) is 3.01. The Balaban J connectivity index is 1.46. The molecule has 0 spiro atoms. The summed E-state index contributed by atoms with van der Waals surface area (Å²) in [5.41, 5.74) is 3.29. The molecular weight excluding hydrogens is 343 g/mol. The number of hydrogen-bond acceptors (Lipinski definition) is 3. The first kappa shape index (κ1) is 17.3. The van der Waals surface area contributed by atoms with E-state index in [-0.39, 0.29) is 24.2 Å². The summed E-state index contributed by atoms with van der Waals surface area (Å²) in [5.74, 6) is 0.434. The predicted octanol–water partition coefficient (Wildman–Crippen LogP) is 3.88. The van der Waals surface area contributed by atoms with Crippen LogP contribution in [0.15, 0.2) is 71.3 Å². The van der Waals surface area contributed by atoms with Gasteiger partial charge < -0.3 is 14.6 Å². The van der Waals surface area contributed by atoms with Gasteiger partial charge in [-0.05, 0) is 47.9 Å². The normalized spacial score (nSPS) is 14.0. The lowest BCUT2D eigenvalue weighted by atomic mass is 10.1. The van der Waals surface area contributed by atoms with Gasteiger partial charge in [-0.15, -0.1) is 0 Å². The monoisotopic (exact) mass is 364 g/mol. The highest BCUT2D eigenvalue weighted by Crippen LogP contribution is 2.34. The number of furan rings is 1. The fourth-order valence-corrected chi connectivity index (χ4v) is 3.59. The molecule has 4 nitrogen and oxygen atoms in total. The van der Waals surface area contributed by atoms with Crippen LogP contribution in [-0.4, -0.2) is 19.0 Å². The van der Waals surface area contributed by atoms with Crippen molar-refractivity contribution in [3.8, 4) is 0 Å². The molecule has 27 heavy (non-hydrogen) atoms. The van der Waals surface area contributed by atoms with Crippen molar-refractivity contribution in [2.24, 2.45) is 0 Å². The van der Waals surface area contributed by atoms with E-state index in [0.29, 0.717) is 6.54 Å². The Morgan fingerprint density at radius 1 is 1.11 bits per heavy atom. The highest BCUT2D eigenvalue weighted by molar-refractivity contribution is 5.78. The zero-order valence-corrected chi connectivity index (χ0v) is 14.9. The number of rotatable bonds is 6. The van der Waals surface area contributed by atoms with Crippen molar-refractivity contribution in [1.82, 2.24) is 5.32 Å². The first-order valence-corrected chi connectivity index (χ1v) is 9.10. The Kier molecular flexibility index (Phi) is 4.92. The zero-order chi connectivity index (χ0) is 18.6. The Labute approximate surface area is 157 Å². The number of nitrogens with one attached hydrogen (secondary N) is 1. The fourth-order valence-electron chi connectivity index (χ4n) is 3.59. The average Bonchev–Trinajstić information content (AvgIpc) is 3.35. The molecule has 5 heteroatoms. The van der Waals surface area contributed by atoms with Crippen LogP contribution in [0.4, 0.5) is 10.1 Å². The molecule has 0 aliphatic carbocycles. The van der Waals surface area contributed by atoms with E-state index in [4.69, 9.17) is 4.42 Å². The molecule has 1 aliphatic rings. The first-order valence-electron chi connectivity index (χ1n) is 9.10. The number of benzene rings is 2. The minimum absolute atomic E-state index is 0.0687. The molecule has 0 saturated heterocycles. The van der Waals surface area contributed by atoms with Crippen molar-refractivity contribution in [2.75, 3.05) is 18.0 Å². The molecule has 3 aromatic rings. The van der Waals surface area contributed by atoms with E-state index in [1.165, 1.54) is 23.4 Å². The molecule has 0 saturated carbocycles. The molecule has 0 fully saturated rings. The van der Waals surface area contributed by atoms with Crippen LogP contribution < -0.4 is 10.2 Å². The largest absolute Gasteiger partial charge is 0.467 e. The molecule has 0 radical (unpaired) electrons. The van der Waals surface area contributed by atoms with Crippen molar-refractivity contribution < 1.29 is 13.6 Å². The van der Waals surface area contributed by atoms with Crippen LogP contribution >= 0.6 is 0 Å². The first-order chi connectivity index (χ1) is 13.2. The van der Waals surface area contributed by atoms with Crippen LogP contribution in [-0.2, 0) is 17.6 Å². The standard InChI is InChI=1S/C22H21FN2O2/c23-18-9-7-16(8-10-18)14-22(26)24-15-20(21-6-3-13-27-21)25-12-11-17-4-1-2-5-19(17)25/h1-10,13,20H,11-12,14-15H2,(H,24,26)/t20-/m1/s1. The van der Waals surface area contributed by atoms with Gasteiger partial charge in [-0.2, -0.15) is 0 Å². The average molecular weight is 364 g/mol. The molecular formula is C22H21FN2O2. The number of carbonyl (C=O) groups is 1. The summed E-state index contributed by atoms with van der Waals surface area (Å²) in [4.78, 5) is 14.7. The lowest BCUT2D eigenvalue weighted by molar-refractivity contribution is -0.120. The Hall–Kier alpha value is -3.08. The minimum Gasteiger partial charge on any atom is -0.467 e. The highest BCUT2D eigenvalue weighted by atomic mass is 19.1. The molecule has 1 N–H and O–H groups in total. The van der Waals surface area contributed by atoms with Gasteiger partial charge in [0.1, 0.15) is 17.6 Å². The van der Waals surface area contributed by atoms with Crippen LogP contribution in [0.5, 0.6) is 0 Å². The van der Waals surface area contributed by atoms with E-state index in [9.17, 15) is 9.18 Å². The van der Waals surface area contributed by atoms with Crippen molar-refractivity contribution in [2.45, 2.75) is 18.9 Å². The zero-order valence-electron chi connectivity index (χ0n) is 14.9. The van der Waals surface area contributed by atoms with E-state index in [0.717, 1.165) is 24.3 Å². The van der Waals surface area contributed by atoms with Gasteiger partial charge in [0.2, 0.25) is 5.91 Å². The minimum atomic E-state index is -0.301. The van der Waals surface area contributed by atoms with Gasteiger partial charge in [0.15, 0.2) is 0 Å². The topological polar surface area (TPSA) is 45.5 Å². The second-order valence-corrected chi connectivity index (χ2v) is 6.71. The maximum atomic E-state index is 13.0. The molecule has 0 unspecified atom stereocenters. The van der Waals surface area contributed by atoms with Crippen LogP contribution in [0.1, 0.15) is 22.9 Å². The van der Waals surface area contributed by atoms with E-state index in [1.54, 1.807) is 18.4 Å². The van der Waals surface area contributed by atoms with E-state index >= 15 is 0 Å². The number of nitrogens with zero attached hydrogens (tertiary/aromatic N) is 1. The van der Waals surface area contributed by atoms with Gasteiger partial charge in [-0.1, -0.05) is 30.3 Å². The number of anilines is 1. The van der Waals surface area contributed by atoms with Crippen molar-refractivity contribution in [1.29, 1.82) is 0 Å². The summed E-state index contributed by atoms with van der Waals surface area (Å²) in [6.45, 7) is 1.33. The molecule has 1 aromatic heterocycles. The van der Waals surface area contributed by atoms with Crippen molar-refractivity contribution >= 4 is 11.6 Å². The number of amides is 1. The molecule has 1 atom stereocenters. The Morgan fingerprint density at radius 3 is 2.70 bits per heavy atom. The molecule has 2 heterocycles. The smallest absolute Gasteiger partial charge is 0.224 e. The van der Waals surface area contributed by atoms with Gasteiger partial charge in [0.25, 0.3) is 0 Å². The third-order valence-electron chi connectivity index (χ3n) is 4.94. The van der Waals surface area contributed by atoms with Crippen LogP contribution in [0.25, 0.3) is 0 Å². The molecule has 2 aromatic carbocycles. The fraction of sp³-hybridized carbons (Fsp3) is 0.227. The van der Waals surface area contributed by atoms with Gasteiger partial charge >= 0.3 is 0 Å². The lowest BCUT2D eigenvalue weighted by Crippen LogP contribution is -2.37. The summed E-state index contributed by atoms with van der Waals surface area (Å²) < 4.78 is 18.7. The second kappa shape index (κ2) is 7.66. The number of fused-ring (bicyclic) bond motifs is 1. The van der Waals surface area contributed by atoms with Gasteiger partial charge in [-0.25, -0.2) is 4.39 Å². The van der Waals surface area contributed by atoms with Gasteiger partial charge in [-0.3, -0.25) is 4.79 Å². The molecule has 4 rings (SSSR count). The quantitative estimate of drug-likeness (QED) is 0.722. The van der Waals surface area contributed by atoms with E-state index in [2.05, 4.69) is 28.4 Å².